The van der Waals surface area contributed by atoms with Crippen LogP contribution in [0.3, 0.4) is 0 Å². The summed E-state index contributed by atoms with van der Waals surface area (Å²) in [6, 6.07) is 0.339. The lowest BCUT2D eigenvalue weighted by Crippen LogP contribution is -2.59. The summed E-state index contributed by atoms with van der Waals surface area (Å²) in [5.41, 5.74) is 0.758. The van der Waals surface area contributed by atoms with Crippen LogP contribution in [0.4, 0.5) is 0 Å². The van der Waals surface area contributed by atoms with Gasteiger partial charge in [-0.3, -0.25) is 9.59 Å². The predicted molar refractivity (Wildman–Crippen MR) is 190 cm³/mol. The topological polar surface area (TPSA) is 111 Å². The first-order valence-electron chi connectivity index (χ1n) is 19.4. The van der Waals surface area contributed by atoms with E-state index in [-0.39, 0.29) is 96.8 Å². The summed E-state index contributed by atoms with van der Waals surface area (Å²) in [4.78, 5) is 30.1. The Labute approximate surface area is 305 Å². The summed E-state index contributed by atoms with van der Waals surface area (Å²) >= 11 is 0. The average Bonchev–Trinajstić information content (AvgIpc) is 3.67. The fourth-order valence-electron chi connectivity index (χ4n) is 10.2. The Morgan fingerprint density at radius 3 is 2.22 bits per heavy atom. The van der Waals surface area contributed by atoms with Crippen molar-refractivity contribution in [1.29, 1.82) is 0 Å². The molecule has 51 heavy (non-hydrogen) atoms. The average molecular weight is 718 g/mol. The number of methoxy groups -OCH3 is 3. The Balaban J connectivity index is 1.20. The molecule has 0 aromatic heterocycles. The van der Waals surface area contributed by atoms with Crippen molar-refractivity contribution >= 4 is 11.8 Å². The van der Waals surface area contributed by atoms with Crippen molar-refractivity contribution in [2.45, 2.75) is 147 Å². The van der Waals surface area contributed by atoms with Crippen LogP contribution in [0, 0.1) is 35.5 Å². The zero-order valence-corrected chi connectivity index (χ0v) is 32.2. The number of esters is 1. The fourth-order valence-corrected chi connectivity index (χ4v) is 10.2. The quantitative estimate of drug-likeness (QED) is 0.247. The molecule has 11 nitrogen and oxygen atoms in total. The van der Waals surface area contributed by atoms with Gasteiger partial charge in [0, 0.05) is 39.2 Å². The van der Waals surface area contributed by atoms with Crippen LogP contribution < -0.4 is 0 Å². The summed E-state index contributed by atoms with van der Waals surface area (Å²) in [5, 5.41) is 0. The molecule has 0 aromatic rings. The van der Waals surface area contributed by atoms with Gasteiger partial charge in [0.15, 0.2) is 18.4 Å². The first-order chi connectivity index (χ1) is 24.4. The molecule has 6 rings (SSSR count). The van der Waals surface area contributed by atoms with E-state index in [0.29, 0.717) is 18.4 Å². The molecule has 0 aromatic carbocycles. The van der Waals surface area contributed by atoms with Gasteiger partial charge in [0.2, 0.25) is 0 Å². The third-order valence-corrected chi connectivity index (χ3v) is 12.9. The van der Waals surface area contributed by atoms with Gasteiger partial charge in [0.1, 0.15) is 18.3 Å². The number of fused-ring (bicyclic) bond motifs is 5. The summed E-state index contributed by atoms with van der Waals surface area (Å²) in [7, 11) is 9.14. The molecule has 4 fully saturated rings. The number of carbonyl (C=O) groups excluding carboxylic acids is 2. The maximum Gasteiger partial charge on any atom is 0.306 e. The largest absolute Gasteiger partial charge is 0.463 e. The van der Waals surface area contributed by atoms with Crippen molar-refractivity contribution in [2.75, 3.05) is 35.4 Å². The molecule has 0 N–H and O–H groups in total. The summed E-state index contributed by atoms with van der Waals surface area (Å²) < 4.78 is 49.3. The van der Waals surface area contributed by atoms with Gasteiger partial charge in [-0.15, -0.1) is 0 Å². The molecule has 11 heteroatoms. The van der Waals surface area contributed by atoms with Crippen LogP contribution in [0.2, 0.25) is 0 Å². The van der Waals surface area contributed by atoms with E-state index in [0.717, 1.165) is 44.1 Å². The van der Waals surface area contributed by atoms with Crippen LogP contribution in [0.25, 0.3) is 0 Å². The highest BCUT2D eigenvalue weighted by molar-refractivity contribution is 5.99. The van der Waals surface area contributed by atoms with E-state index in [2.05, 4.69) is 44.1 Å². The third kappa shape index (κ3) is 8.21. The van der Waals surface area contributed by atoms with Crippen molar-refractivity contribution in [3.63, 3.8) is 0 Å². The lowest BCUT2D eigenvalue weighted by Gasteiger charge is -2.44. The number of carbonyl (C=O) groups is 2. The molecule has 3 heterocycles. The summed E-state index contributed by atoms with van der Waals surface area (Å²) in [5.74, 6) is -0.000214. The second-order valence-corrected chi connectivity index (χ2v) is 16.3. The highest BCUT2D eigenvalue weighted by Crippen LogP contribution is 2.54. The molecule has 0 radical (unpaired) electrons. The molecule has 3 aliphatic carbocycles. The highest BCUT2D eigenvalue weighted by Gasteiger charge is 2.52. The first kappa shape index (κ1) is 39.0. The fraction of sp³-hybridized carbons (Fsp3) is 0.850. The minimum absolute atomic E-state index is 0.0385. The Hall–Kier alpha value is -1.70. The number of ketones is 1. The Bertz CT molecular complexity index is 1270. The Morgan fingerprint density at radius 2 is 1.53 bits per heavy atom. The molecule has 288 valence electrons. The molecule has 0 bridgehead atoms. The number of allylic oxidation sites excluding steroid dienone is 4. The van der Waals surface area contributed by atoms with Gasteiger partial charge in [-0.05, 0) is 109 Å². The van der Waals surface area contributed by atoms with E-state index in [1.54, 1.807) is 21.3 Å². The minimum Gasteiger partial charge on any atom is -0.463 e. The van der Waals surface area contributed by atoms with Gasteiger partial charge in [-0.1, -0.05) is 25.2 Å². The minimum atomic E-state index is -0.593. The van der Waals surface area contributed by atoms with Crippen molar-refractivity contribution < 1.29 is 47.5 Å². The molecule has 0 spiro atoms. The van der Waals surface area contributed by atoms with E-state index in [9.17, 15) is 9.59 Å². The number of Topliss-reactive ketones (excluding diaryl/α,β-unsaturated/α-hetero) is 1. The predicted octanol–water partition coefficient (Wildman–Crippen LogP) is 5.10. The van der Waals surface area contributed by atoms with Crippen LogP contribution in [0.15, 0.2) is 23.8 Å². The number of ether oxygens (including phenoxy) is 8. The van der Waals surface area contributed by atoms with Crippen LogP contribution >= 0.6 is 0 Å². The molecule has 3 aliphatic heterocycles. The number of cyclic esters (lactones) is 1. The van der Waals surface area contributed by atoms with E-state index in [4.69, 9.17) is 37.9 Å². The Morgan fingerprint density at radius 1 is 0.784 bits per heavy atom. The molecular weight excluding hydrogens is 654 g/mol. The second-order valence-electron chi connectivity index (χ2n) is 16.3. The monoisotopic (exact) mass is 717 g/mol. The first-order valence-corrected chi connectivity index (χ1v) is 19.4. The van der Waals surface area contributed by atoms with Gasteiger partial charge < -0.3 is 42.8 Å². The van der Waals surface area contributed by atoms with E-state index in [1.807, 2.05) is 20.8 Å². The lowest BCUT2D eigenvalue weighted by atomic mass is 9.70. The Kier molecular flexibility index (Phi) is 12.8. The van der Waals surface area contributed by atoms with E-state index < -0.39 is 12.4 Å². The van der Waals surface area contributed by atoms with Crippen LogP contribution in [0.1, 0.15) is 79.1 Å². The number of rotatable bonds is 8. The SMILES string of the molecule is CO[C@@H]1[C@@H](OC)[C@H](C)O[C@@H](O[C@H]2C[C@H]3[C@@H]4C=C5C(=O)[C@H](C)[C@@H](O[C@H]6CC[C@H](N(C)C)[C@@H](C)O6)CCC[C@H](C)OC(=O)C[C@H]5[C@@H]4C=C[C@@H]3C2)[C@@H]1OC. The maximum absolute atomic E-state index is 14.6. The standard InChI is InChI=1S/C40H63NO10/c1-21-11-10-12-33(51-35-16-15-32(41(5)6)23(3)48-35)22(2)36(43)31-19-29-27(30(31)20-34(42)47-21)14-13-25-17-26(18-28(25)29)50-40-39(46-9)38(45-8)37(44-7)24(4)49-40/h13-14,19,21-30,32-33,35,37-40H,10-12,15-18,20H2,1-9H3/t21-,22+,23+,24-,25+,26+,27+,28+,29+,30-,32-,33-,35-,37-,38+,39+,40-/m0/s1. The van der Waals surface area contributed by atoms with Gasteiger partial charge >= 0.3 is 5.97 Å². The molecule has 1 saturated carbocycles. The molecular formula is C40H63NO10. The van der Waals surface area contributed by atoms with Crippen LogP contribution in [0.5, 0.6) is 0 Å². The van der Waals surface area contributed by atoms with Crippen molar-refractivity contribution in [1.82, 2.24) is 4.90 Å². The molecule has 17 atom stereocenters. The van der Waals surface area contributed by atoms with E-state index in [1.165, 1.54) is 0 Å². The number of nitrogens with zero attached hydrogens (tertiary/aromatic N) is 1. The van der Waals surface area contributed by atoms with Gasteiger partial charge in [0.25, 0.3) is 0 Å². The molecule has 0 amide bonds. The highest BCUT2D eigenvalue weighted by atomic mass is 16.7. The van der Waals surface area contributed by atoms with Crippen LogP contribution in [-0.2, 0) is 47.5 Å². The van der Waals surface area contributed by atoms with Gasteiger partial charge in [-0.2, -0.15) is 0 Å². The third-order valence-electron chi connectivity index (χ3n) is 12.9. The second kappa shape index (κ2) is 16.8. The molecule has 3 saturated heterocycles. The van der Waals surface area contributed by atoms with Crippen molar-refractivity contribution in [3.8, 4) is 0 Å². The smallest absolute Gasteiger partial charge is 0.306 e. The summed E-state index contributed by atoms with van der Waals surface area (Å²) in [6.45, 7) is 8.05. The van der Waals surface area contributed by atoms with Gasteiger partial charge in [0.05, 0.1) is 36.9 Å². The van der Waals surface area contributed by atoms with Gasteiger partial charge in [-0.25, -0.2) is 0 Å². The number of hydrogen-bond acceptors (Lipinski definition) is 11. The summed E-state index contributed by atoms with van der Waals surface area (Å²) in [6.07, 6.45) is 9.94. The van der Waals surface area contributed by atoms with Crippen molar-refractivity contribution in [2.24, 2.45) is 35.5 Å². The zero-order valence-electron chi connectivity index (χ0n) is 32.2. The zero-order chi connectivity index (χ0) is 36.6. The molecule has 0 unspecified atom stereocenters. The van der Waals surface area contributed by atoms with Crippen LogP contribution in [-0.4, -0.2) is 120 Å². The molecule has 6 aliphatic rings. The lowest BCUT2D eigenvalue weighted by molar-refractivity contribution is -0.314. The van der Waals surface area contributed by atoms with E-state index >= 15 is 0 Å². The normalized spacial score (nSPS) is 46.4. The number of likely N-dealkylation sites (N-methyl/N-ethyl adjacent to an activating group) is 1. The number of hydrogen-bond donors (Lipinski definition) is 0. The maximum atomic E-state index is 14.6. The van der Waals surface area contributed by atoms with Crippen molar-refractivity contribution in [3.05, 3.63) is 23.8 Å².